The van der Waals surface area contributed by atoms with Crippen molar-refractivity contribution in [1.29, 1.82) is 0 Å². The molecule has 2 N–H and O–H groups in total. The largest absolute Gasteiger partial charge is 0.334 e. The molecule has 0 bridgehead atoms. The van der Waals surface area contributed by atoms with Crippen LogP contribution in [-0.2, 0) is 16.6 Å². The number of sulfonamides is 1. The molecule has 1 amide bonds. The van der Waals surface area contributed by atoms with Crippen LogP contribution < -0.4 is 10.3 Å². The van der Waals surface area contributed by atoms with Crippen molar-refractivity contribution in [3.05, 3.63) is 106 Å². The third kappa shape index (κ3) is 5.05. The first-order valence-electron chi connectivity index (χ1n) is 10.7. The highest BCUT2D eigenvalue weighted by Crippen LogP contribution is 2.18. The molecule has 0 fully saturated rings. The van der Waals surface area contributed by atoms with E-state index in [1.165, 1.54) is 23.1 Å². The van der Waals surface area contributed by atoms with Gasteiger partial charge in [-0.05, 0) is 42.8 Å². The van der Waals surface area contributed by atoms with Crippen molar-refractivity contribution in [1.82, 2.24) is 19.6 Å². The average molecular weight is 477 g/mol. The van der Waals surface area contributed by atoms with Gasteiger partial charge in [0.05, 0.1) is 22.3 Å². The van der Waals surface area contributed by atoms with Crippen molar-refractivity contribution in [3.8, 4) is 0 Å². The standard InChI is InChI=1S/C25H24N4O4S/c1-17(18-9-4-3-5-10-18)28-34(32,33)20-12-8-11-19(15-20)25(31)29(2)16-23-26-22-14-7-6-13-21(22)24(30)27-23/h3-15,17,28H,16H2,1-2H3,(H,26,27,30)/t17-/m1/s1. The zero-order valence-electron chi connectivity index (χ0n) is 18.7. The summed E-state index contributed by atoms with van der Waals surface area (Å²) in [6.07, 6.45) is 0. The van der Waals surface area contributed by atoms with Crippen LogP contribution >= 0.6 is 0 Å². The minimum atomic E-state index is -3.86. The summed E-state index contributed by atoms with van der Waals surface area (Å²) >= 11 is 0. The number of aromatic amines is 1. The Labute approximate surface area is 197 Å². The van der Waals surface area contributed by atoms with Crippen LogP contribution in [0, 0.1) is 0 Å². The molecule has 174 valence electrons. The van der Waals surface area contributed by atoms with Crippen molar-refractivity contribution in [2.45, 2.75) is 24.4 Å². The predicted molar refractivity (Wildman–Crippen MR) is 130 cm³/mol. The lowest BCUT2D eigenvalue weighted by atomic mass is 10.1. The minimum Gasteiger partial charge on any atom is -0.334 e. The molecule has 4 aromatic rings. The first-order valence-corrected chi connectivity index (χ1v) is 12.1. The summed E-state index contributed by atoms with van der Waals surface area (Å²) in [6, 6.07) is 21.6. The molecule has 0 aliphatic rings. The average Bonchev–Trinajstić information content (AvgIpc) is 2.84. The van der Waals surface area contributed by atoms with E-state index in [4.69, 9.17) is 0 Å². The quantitative estimate of drug-likeness (QED) is 0.425. The van der Waals surface area contributed by atoms with E-state index in [0.717, 1.165) is 5.56 Å². The van der Waals surface area contributed by atoms with Crippen LogP contribution in [0.15, 0.2) is 88.6 Å². The number of nitrogens with zero attached hydrogens (tertiary/aromatic N) is 2. The van der Waals surface area contributed by atoms with E-state index < -0.39 is 22.0 Å². The zero-order chi connectivity index (χ0) is 24.3. The van der Waals surface area contributed by atoms with E-state index in [1.54, 1.807) is 44.3 Å². The highest BCUT2D eigenvalue weighted by Gasteiger charge is 2.21. The van der Waals surface area contributed by atoms with Crippen LogP contribution in [-0.4, -0.2) is 36.2 Å². The smallest absolute Gasteiger partial charge is 0.258 e. The molecule has 1 aromatic heterocycles. The maximum Gasteiger partial charge on any atom is 0.258 e. The van der Waals surface area contributed by atoms with E-state index in [1.807, 2.05) is 30.3 Å². The predicted octanol–water partition coefficient (Wildman–Crippen LogP) is 3.23. The Bertz CT molecular complexity index is 1500. The maximum absolute atomic E-state index is 13.0. The van der Waals surface area contributed by atoms with E-state index in [2.05, 4.69) is 14.7 Å². The molecule has 34 heavy (non-hydrogen) atoms. The van der Waals surface area contributed by atoms with Gasteiger partial charge >= 0.3 is 0 Å². The number of aromatic nitrogens is 2. The van der Waals surface area contributed by atoms with Crippen LogP contribution in [0.5, 0.6) is 0 Å². The molecular weight excluding hydrogens is 452 g/mol. The molecule has 0 saturated heterocycles. The van der Waals surface area contributed by atoms with Gasteiger partial charge in [-0.15, -0.1) is 0 Å². The Hall–Kier alpha value is -3.82. The fourth-order valence-corrected chi connectivity index (χ4v) is 4.91. The molecule has 8 nitrogen and oxygen atoms in total. The van der Waals surface area contributed by atoms with Crippen molar-refractivity contribution in [2.24, 2.45) is 0 Å². The van der Waals surface area contributed by atoms with Gasteiger partial charge in [0.2, 0.25) is 10.0 Å². The Morgan fingerprint density at radius 1 is 1.03 bits per heavy atom. The van der Waals surface area contributed by atoms with Crippen LogP contribution in [0.2, 0.25) is 0 Å². The third-order valence-corrected chi connectivity index (χ3v) is 6.96. The van der Waals surface area contributed by atoms with Crippen molar-refractivity contribution in [2.75, 3.05) is 7.05 Å². The molecule has 0 aliphatic carbocycles. The van der Waals surface area contributed by atoms with Gasteiger partial charge in [0.25, 0.3) is 11.5 Å². The molecular formula is C25H24N4O4S. The second kappa shape index (κ2) is 9.58. The summed E-state index contributed by atoms with van der Waals surface area (Å²) < 4.78 is 28.5. The van der Waals surface area contributed by atoms with E-state index in [0.29, 0.717) is 16.7 Å². The van der Waals surface area contributed by atoms with Crippen molar-refractivity contribution < 1.29 is 13.2 Å². The number of carbonyl (C=O) groups excluding carboxylic acids is 1. The van der Waals surface area contributed by atoms with Crippen LogP contribution in [0.25, 0.3) is 10.9 Å². The lowest BCUT2D eigenvalue weighted by Gasteiger charge is -2.18. The molecule has 3 aromatic carbocycles. The number of H-pyrrole nitrogens is 1. The Balaban J connectivity index is 1.52. The van der Waals surface area contributed by atoms with Gasteiger partial charge in [0.15, 0.2) is 0 Å². The Morgan fingerprint density at radius 3 is 2.50 bits per heavy atom. The SMILES string of the molecule is C[C@@H](NS(=O)(=O)c1cccc(C(=O)N(C)Cc2nc3ccccc3c(=O)[nH]2)c1)c1ccccc1. The molecule has 0 aliphatic heterocycles. The Kier molecular flexibility index (Phi) is 6.58. The molecule has 0 unspecified atom stereocenters. The highest BCUT2D eigenvalue weighted by atomic mass is 32.2. The molecule has 0 spiro atoms. The summed E-state index contributed by atoms with van der Waals surface area (Å²) in [5, 5.41) is 0.468. The molecule has 9 heteroatoms. The number of hydrogen-bond donors (Lipinski definition) is 2. The van der Waals surface area contributed by atoms with Crippen LogP contribution in [0.4, 0.5) is 0 Å². The number of rotatable bonds is 7. The highest BCUT2D eigenvalue weighted by molar-refractivity contribution is 7.89. The number of para-hydroxylation sites is 1. The van der Waals surface area contributed by atoms with E-state index in [-0.39, 0.29) is 22.6 Å². The number of carbonyl (C=O) groups is 1. The summed E-state index contributed by atoms with van der Waals surface area (Å²) in [5.41, 5.74) is 1.29. The number of amides is 1. The topological polar surface area (TPSA) is 112 Å². The van der Waals surface area contributed by atoms with Crippen molar-refractivity contribution >= 4 is 26.8 Å². The summed E-state index contributed by atoms with van der Waals surface area (Å²) in [7, 11) is -2.29. The number of fused-ring (bicyclic) bond motifs is 1. The van der Waals surface area contributed by atoms with Gasteiger partial charge in [-0.3, -0.25) is 9.59 Å². The molecule has 4 rings (SSSR count). The molecule has 0 saturated carbocycles. The van der Waals surface area contributed by atoms with Crippen LogP contribution in [0.1, 0.15) is 34.7 Å². The second-order valence-corrected chi connectivity index (χ2v) is 9.69. The van der Waals surface area contributed by atoms with Gasteiger partial charge in [-0.1, -0.05) is 48.5 Å². The Morgan fingerprint density at radius 2 is 1.74 bits per heavy atom. The number of benzene rings is 3. The fraction of sp³-hybridized carbons (Fsp3) is 0.160. The second-order valence-electron chi connectivity index (χ2n) is 7.97. The monoisotopic (exact) mass is 476 g/mol. The van der Waals surface area contributed by atoms with Gasteiger partial charge < -0.3 is 9.88 Å². The number of hydrogen-bond acceptors (Lipinski definition) is 5. The fourth-order valence-electron chi connectivity index (χ4n) is 3.63. The van der Waals surface area contributed by atoms with Crippen molar-refractivity contribution in [3.63, 3.8) is 0 Å². The van der Waals surface area contributed by atoms with Gasteiger partial charge in [-0.2, -0.15) is 0 Å². The zero-order valence-corrected chi connectivity index (χ0v) is 19.5. The minimum absolute atomic E-state index is 0.00762. The third-order valence-electron chi connectivity index (χ3n) is 5.42. The van der Waals surface area contributed by atoms with Gasteiger partial charge in [-0.25, -0.2) is 18.1 Å². The molecule has 0 radical (unpaired) electrons. The van der Waals surface area contributed by atoms with E-state index in [9.17, 15) is 18.0 Å². The van der Waals surface area contributed by atoms with Gasteiger partial charge in [0.1, 0.15) is 5.82 Å². The first kappa shape index (κ1) is 23.3. The summed E-state index contributed by atoms with van der Waals surface area (Å²) in [6.45, 7) is 1.81. The lowest BCUT2D eigenvalue weighted by molar-refractivity contribution is 0.0781. The maximum atomic E-state index is 13.0. The summed E-state index contributed by atoms with van der Waals surface area (Å²) in [4.78, 5) is 33.8. The summed E-state index contributed by atoms with van der Waals surface area (Å²) in [5.74, 6) is -0.0642. The van der Waals surface area contributed by atoms with Gasteiger partial charge in [0, 0.05) is 18.7 Å². The molecule has 1 heterocycles. The molecule has 1 atom stereocenters. The number of nitrogens with one attached hydrogen (secondary N) is 2. The van der Waals surface area contributed by atoms with E-state index >= 15 is 0 Å². The lowest BCUT2D eigenvalue weighted by Crippen LogP contribution is -2.29. The first-order chi connectivity index (χ1) is 16.2. The van der Waals surface area contributed by atoms with Crippen LogP contribution in [0.3, 0.4) is 0 Å². The normalized spacial score (nSPS) is 12.4.